The maximum atomic E-state index is 12.1. The first-order valence-corrected chi connectivity index (χ1v) is 8.27. The summed E-state index contributed by atoms with van der Waals surface area (Å²) in [6.45, 7) is 4.41. The summed E-state index contributed by atoms with van der Waals surface area (Å²) in [4.78, 5) is 12.1. The van der Waals surface area contributed by atoms with E-state index in [0.29, 0.717) is 12.3 Å². The Morgan fingerprint density at radius 3 is 2.62 bits per heavy atom. The minimum Gasteiger partial charge on any atom is -0.466 e. The van der Waals surface area contributed by atoms with Crippen LogP contribution in [0.5, 0.6) is 0 Å². The SMILES string of the molecule is Cc1ccccc1C1(CNC(=O)NCC(C)(O)c2ccco2)CC1. The Morgan fingerprint density at radius 2 is 2.00 bits per heavy atom. The molecular formula is C19H24N2O3. The van der Waals surface area contributed by atoms with E-state index in [0.717, 1.165) is 12.8 Å². The van der Waals surface area contributed by atoms with Crippen LogP contribution in [0.3, 0.4) is 0 Å². The van der Waals surface area contributed by atoms with E-state index < -0.39 is 5.60 Å². The molecule has 5 heteroatoms. The van der Waals surface area contributed by atoms with Crippen LogP contribution in [0.2, 0.25) is 0 Å². The highest BCUT2D eigenvalue weighted by Crippen LogP contribution is 2.48. The van der Waals surface area contributed by atoms with Gasteiger partial charge in [0.15, 0.2) is 0 Å². The quantitative estimate of drug-likeness (QED) is 0.763. The fourth-order valence-electron chi connectivity index (χ4n) is 3.10. The van der Waals surface area contributed by atoms with Gasteiger partial charge in [0.1, 0.15) is 11.4 Å². The maximum absolute atomic E-state index is 12.1. The Bertz CT molecular complexity index is 703. The third kappa shape index (κ3) is 3.46. The van der Waals surface area contributed by atoms with Crippen molar-refractivity contribution in [1.82, 2.24) is 10.6 Å². The third-order valence-corrected chi connectivity index (χ3v) is 4.80. The van der Waals surface area contributed by atoms with Crippen molar-refractivity contribution in [3.63, 3.8) is 0 Å². The average Bonchev–Trinajstić information content (AvgIpc) is 3.12. The topological polar surface area (TPSA) is 74.5 Å². The number of urea groups is 1. The largest absolute Gasteiger partial charge is 0.466 e. The second kappa shape index (κ2) is 6.32. The molecule has 3 N–H and O–H groups in total. The summed E-state index contributed by atoms with van der Waals surface area (Å²) in [5, 5.41) is 16.0. The van der Waals surface area contributed by atoms with Crippen LogP contribution in [0.1, 0.15) is 36.7 Å². The van der Waals surface area contributed by atoms with Crippen molar-refractivity contribution in [2.75, 3.05) is 13.1 Å². The predicted molar refractivity (Wildman–Crippen MR) is 91.8 cm³/mol. The van der Waals surface area contributed by atoms with Gasteiger partial charge in [-0.3, -0.25) is 0 Å². The minimum atomic E-state index is -1.23. The van der Waals surface area contributed by atoms with Crippen LogP contribution in [-0.2, 0) is 11.0 Å². The monoisotopic (exact) mass is 328 g/mol. The van der Waals surface area contributed by atoms with E-state index in [2.05, 4.69) is 29.7 Å². The first-order valence-electron chi connectivity index (χ1n) is 8.27. The first-order chi connectivity index (χ1) is 11.4. The van der Waals surface area contributed by atoms with Gasteiger partial charge in [-0.15, -0.1) is 0 Å². The number of amides is 2. The molecule has 0 aliphatic heterocycles. The van der Waals surface area contributed by atoms with Crippen LogP contribution in [0.4, 0.5) is 4.79 Å². The molecule has 0 bridgehead atoms. The van der Waals surface area contributed by atoms with Crippen molar-refractivity contribution in [2.45, 2.75) is 37.7 Å². The van der Waals surface area contributed by atoms with E-state index in [4.69, 9.17) is 4.42 Å². The molecular weight excluding hydrogens is 304 g/mol. The van der Waals surface area contributed by atoms with Crippen LogP contribution in [-0.4, -0.2) is 24.2 Å². The number of aryl methyl sites for hydroxylation is 1. The second-order valence-electron chi connectivity index (χ2n) is 6.88. The van der Waals surface area contributed by atoms with Gasteiger partial charge in [-0.2, -0.15) is 0 Å². The van der Waals surface area contributed by atoms with Crippen LogP contribution in [0.25, 0.3) is 0 Å². The molecule has 1 aromatic carbocycles. The summed E-state index contributed by atoms with van der Waals surface area (Å²) < 4.78 is 5.20. The molecule has 2 amide bonds. The van der Waals surface area contributed by atoms with Crippen molar-refractivity contribution in [3.05, 3.63) is 59.5 Å². The molecule has 1 aliphatic rings. The van der Waals surface area contributed by atoms with Crippen LogP contribution in [0.15, 0.2) is 47.1 Å². The Kier molecular flexibility index (Phi) is 4.37. The molecule has 0 saturated heterocycles. The normalized spacial score (nSPS) is 17.8. The highest BCUT2D eigenvalue weighted by Gasteiger charge is 2.45. The zero-order chi connectivity index (χ0) is 17.2. The van der Waals surface area contributed by atoms with Crippen LogP contribution in [0, 0.1) is 6.92 Å². The van der Waals surface area contributed by atoms with E-state index in [9.17, 15) is 9.90 Å². The highest BCUT2D eigenvalue weighted by atomic mass is 16.4. The number of furan rings is 1. The molecule has 2 aromatic rings. The van der Waals surface area contributed by atoms with Gasteiger partial charge in [0.05, 0.1) is 12.8 Å². The third-order valence-electron chi connectivity index (χ3n) is 4.80. The van der Waals surface area contributed by atoms with Crippen LogP contribution < -0.4 is 10.6 Å². The minimum absolute atomic E-state index is 0.0617. The average molecular weight is 328 g/mol. The molecule has 3 rings (SSSR count). The molecule has 24 heavy (non-hydrogen) atoms. The first kappa shape index (κ1) is 16.6. The molecule has 1 aromatic heterocycles. The number of nitrogens with one attached hydrogen (secondary N) is 2. The lowest BCUT2D eigenvalue weighted by atomic mass is 9.92. The summed E-state index contributed by atoms with van der Waals surface area (Å²) in [5.41, 5.74) is 1.41. The van der Waals surface area contributed by atoms with Crippen molar-refractivity contribution in [3.8, 4) is 0 Å². The van der Waals surface area contributed by atoms with Gasteiger partial charge in [-0.25, -0.2) is 4.79 Å². The number of hydrogen-bond acceptors (Lipinski definition) is 3. The fourth-order valence-corrected chi connectivity index (χ4v) is 3.10. The number of aliphatic hydroxyl groups is 1. The molecule has 1 heterocycles. The van der Waals surface area contributed by atoms with Gasteiger partial charge in [0.25, 0.3) is 0 Å². The number of benzene rings is 1. The zero-order valence-corrected chi connectivity index (χ0v) is 14.1. The van der Waals surface area contributed by atoms with Crippen LogP contribution >= 0.6 is 0 Å². The summed E-state index contributed by atoms with van der Waals surface area (Å²) in [6, 6.07) is 11.5. The summed E-state index contributed by atoms with van der Waals surface area (Å²) in [5.74, 6) is 0.432. The Morgan fingerprint density at radius 1 is 1.25 bits per heavy atom. The molecule has 1 fully saturated rings. The van der Waals surface area contributed by atoms with E-state index in [-0.39, 0.29) is 18.0 Å². The molecule has 128 valence electrons. The number of hydrogen-bond donors (Lipinski definition) is 3. The van der Waals surface area contributed by atoms with Gasteiger partial charge in [0.2, 0.25) is 0 Å². The van der Waals surface area contributed by atoms with E-state index in [1.54, 1.807) is 19.1 Å². The molecule has 0 radical (unpaired) electrons. The highest BCUT2D eigenvalue weighted by molar-refractivity contribution is 5.74. The molecule has 1 atom stereocenters. The van der Waals surface area contributed by atoms with Gasteiger partial charge in [-0.1, -0.05) is 24.3 Å². The molecule has 1 unspecified atom stereocenters. The van der Waals surface area contributed by atoms with Gasteiger partial charge >= 0.3 is 6.03 Å². The standard InChI is InChI=1S/C19H24N2O3/c1-14-6-3-4-7-15(14)19(9-10-19)13-21-17(22)20-12-18(2,23)16-8-5-11-24-16/h3-8,11,23H,9-10,12-13H2,1-2H3,(H2,20,21,22). The van der Waals surface area contributed by atoms with Gasteiger partial charge in [-0.05, 0) is 49.9 Å². The number of carbonyl (C=O) groups excluding carboxylic acids is 1. The van der Waals surface area contributed by atoms with E-state index in [1.165, 1.54) is 17.4 Å². The molecule has 1 saturated carbocycles. The van der Waals surface area contributed by atoms with Crippen molar-refractivity contribution in [1.29, 1.82) is 0 Å². The summed E-state index contributed by atoms with van der Waals surface area (Å²) in [6.07, 6.45) is 3.67. The maximum Gasteiger partial charge on any atom is 0.314 e. The van der Waals surface area contributed by atoms with Crippen molar-refractivity contribution < 1.29 is 14.3 Å². The Balaban J connectivity index is 1.52. The number of rotatable bonds is 6. The van der Waals surface area contributed by atoms with E-state index in [1.807, 2.05) is 12.1 Å². The number of carbonyl (C=O) groups is 1. The fraction of sp³-hybridized carbons (Fsp3) is 0.421. The molecule has 5 nitrogen and oxygen atoms in total. The molecule has 1 aliphatic carbocycles. The van der Waals surface area contributed by atoms with Gasteiger partial charge in [0, 0.05) is 12.0 Å². The lowest BCUT2D eigenvalue weighted by molar-refractivity contribution is 0.0367. The van der Waals surface area contributed by atoms with Crippen molar-refractivity contribution in [2.24, 2.45) is 0 Å². The molecule has 0 spiro atoms. The smallest absolute Gasteiger partial charge is 0.314 e. The zero-order valence-electron chi connectivity index (χ0n) is 14.1. The van der Waals surface area contributed by atoms with Gasteiger partial charge < -0.3 is 20.2 Å². The lowest BCUT2D eigenvalue weighted by Crippen LogP contribution is -2.45. The van der Waals surface area contributed by atoms with Crippen molar-refractivity contribution >= 4 is 6.03 Å². The van der Waals surface area contributed by atoms with E-state index >= 15 is 0 Å². The predicted octanol–water partition coefficient (Wildman–Crippen LogP) is 2.83. The Hall–Kier alpha value is -2.27. The summed E-state index contributed by atoms with van der Waals surface area (Å²) >= 11 is 0. The summed E-state index contributed by atoms with van der Waals surface area (Å²) in [7, 11) is 0. The lowest BCUT2D eigenvalue weighted by Gasteiger charge is -2.22. The Labute approximate surface area is 142 Å². The second-order valence-corrected chi connectivity index (χ2v) is 6.88.